The molecule has 0 aliphatic carbocycles. The molecule has 2 N–H and O–H groups in total. The van der Waals surface area contributed by atoms with Gasteiger partial charge in [-0.05, 0) is 36.8 Å². The lowest BCUT2D eigenvalue weighted by Gasteiger charge is -2.27. The van der Waals surface area contributed by atoms with Crippen molar-refractivity contribution in [3.05, 3.63) is 35.4 Å². The van der Waals surface area contributed by atoms with Crippen LogP contribution in [0.25, 0.3) is 0 Å². The van der Waals surface area contributed by atoms with Crippen molar-refractivity contribution >= 4 is 0 Å². The molecule has 94 valence electrons. The highest BCUT2D eigenvalue weighted by molar-refractivity contribution is 5.26. The quantitative estimate of drug-likeness (QED) is 0.871. The summed E-state index contributed by atoms with van der Waals surface area (Å²) in [6.07, 6.45) is 2.03. The lowest BCUT2D eigenvalue weighted by atomic mass is 9.86. The Bertz CT molecular complexity index is 371. The van der Waals surface area contributed by atoms with Crippen LogP contribution in [-0.2, 0) is 11.2 Å². The summed E-state index contributed by atoms with van der Waals surface area (Å²) in [5.41, 5.74) is 8.93. The molecule has 0 bridgehead atoms. The number of rotatable bonds is 3. The summed E-state index contributed by atoms with van der Waals surface area (Å²) < 4.78 is 5.58. The van der Waals surface area contributed by atoms with Crippen molar-refractivity contribution in [2.45, 2.75) is 51.2 Å². The Morgan fingerprint density at radius 2 is 2.00 bits per heavy atom. The highest BCUT2D eigenvalue weighted by atomic mass is 16.5. The van der Waals surface area contributed by atoms with Crippen molar-refractivity contribution in [2.24, 2.45) is 5.73 Å². The maximum atomic E-state index is 6.41. The zero-order valence-corrected chi connectivity index (χ0v) is 11.1. The summed E-state index contributed by atoms with van der Waals surface area (Å²) in [5.74, 6) is 0.588. The van der Waals surface area contributed by atoms with Gasteiger partial charge >= 0.3 is 0 Å². The molecule has 0 saturated carbocycles. The predicted octanol–water partition coefficient (Wildman–Crippen LogP) is 2.86. The van der Waals surface area contributed by atoms with E-state index in [1.807, 2.05) is 0 Å². The van der Waals surface area contributed by atoms with E-state index in [1.54, 1.807) is 0 Å². The molecular weight excluding hydrogens is 210 g/mol. The molecule has 2 nitrogen and oxygen atoms in total. The van der Waals surface area contributed by atoms with Gasteiger partial charge in [0.15, 0.2) is 0 Å². The summed E-state index contributed by atoms with van der Waals surface area (Å²) in [6, 6.07) is 8.83. The number of hydrogen-bond donors (Lipinski definition) is 1. The molecule has 17 heavy (non-hydrogen) atoms. The fourth-order valence-corrected chi connectivity index (χ4v) is 2.43. The Morgan fingerprint density at radius 1 is 1.35 bits per heavy atom. The van der Waals surface area contributed by atoms with E-state index in [1.165, 1.54) is 11.1 Å². The lowest BCUT2D eigenvalue weighted by molar-refractivity contribution is 0.0955. The summed E-state index contributed by atoms with van der Waals surface area (Å²) >= 11 is 0. The Labute approximate surface area is 104 Å². The topological polar surface area (TPSA) is 35.2 Å². The second-order valence-electron chi connectivity index (χ2n) is 5.57. The van der Waals surface area contributed by atoms with Crippen molar-refractivity contribution in [2.75, 3.05) is 6.61 Å². The van der Waals surface area contributed by atoms with Crippen molar-refractivity contribution in [3.63, 3.8) is 0 Å². The highest BCUT2D eigenvalue weighted by Gasteiger charge is 2.37. The molecule has 0 amide bonds. The zero-order chi connectivity index (χ0) is 12.5. The maximum absolute atomic E-state index is 6.41. The Balaban J connectivity index is 2.08. The van der Waals surface area contributed by atoms with Crippen molar-refractivity contribution in [3.8, 4) is 0 Å². The van der Waals surface area contributed by atoms with Gasteiger partial charge in [0.1, 0.15) is 0 Å². The van der Waals surface area contributed by atoms with Gasteiger partial charge in [0.2, 0.25) is 0 Å². The van der Waals surface area contributed by atoms with Crippen molar-refractivity contribution in [1.82, 2.24) is 0 Å². The van der Waals surface area contributed by atoms with Crippen LogP contribution < -0.4 is 5.73 Å². The third-order valence-electron chi connectivity index (χ3n) is 3.92. The van der Waals surface area contributed by atoms with Crippen LogP contribution in [0.15, 0.2) is 24.3 Å². The molecule has 2 heteroatoms. The van der Waals surface area contributed by atoms with Crippen LogP contribution in [0.4, 0.5) is 0 Å². The minimum absolute atomic E-state index is 0.160. The maximum Gasteiger partial charge on any atom is 0.0730 e. The van der Waals surface area contributed by atoms with Gasteiger partial charge in [-0.3, -0.25) is 0 Å². The highest BCUT2D eigenvalue weighted by Crippen LogP contribution is 2.27. The van der Waals surface area contributed by atoms with Gasteiger partial charge in [-0.25, -0.2) is 0 Å². The van der Waals surface area contributed by atoms with Gasteiger partial charge < -0.3 is 10.5 Å². The second-order valence-corrected chi connectivity index (χ2v) is 5.57. The van der Waals surface area contributed by atoms with Crippen LogP contribution in [0.3, 0.4) is 0 Å². The molecule has 0 aromatic heterocycles. The van der Waals surface area contributed by atoms with E-state index in [0.717, 1.165) is 19.4 Å². The molecule has 0 spiro atoms. The summed E-state index contributed by atoms with van der Waals surface area (Å²) in [7, 11) is 0. The fourth-order valence-electron chi connectivity index (χ4n) is 2.43. The normalized spacial score (nSPS) is 28.9. The monoisotopic (exact) mass is 233 g/mol. The van der Waals surface area contributed by atoms with Crippen molar-refractivity contribution in [1.29, 1.82) is 0 Å². The van der Waals surface area contributed by atoms with Gasteiger partial charge in [-0.2, -0.15) is 0 Å². The summed E-state index contributed by atoms with van der Waals surface area (Å²) in [5, 5.41) is 0. The molecule has 2 unspecified atom stereocenters. The average molecular weight is 233 g/mol. The van der Waals surface area contributed by atoms with Crippen molar-refractivity contribution < 1.29 is 4.74 Å². The van der Waals surface area contributed by atoms with Crippen LogP contribution in [0.2, 0.25) is 0 Å². The molecule has 2 atom stereocenters. The summed E-state index contributed by atoms with van der Waals surface area (Å²) in [4.78, 5) is 0. The molecular formula is C15H23NO. The van der Waals surface area contributed by atoms with Crippen LogP contribution in [0, 0.1) is 0 Å². The third kappa shape index (κ3) is 2.70. The number of nitrogens with two attached hydrogens (primary N) is 1. The van der Waals surface area contributed by atoms with E-state index in [0.29, 0.717) is 5.92 Å². The van der Waals surface area contributed by atoms with E-state index < -0.39 is 0 Å². The first-order valence-corrected chi connectivity index (χ1v) is 6.50. The largest absolute Gasteiger partial charge is 0.377 e. The first-order valence-electron chi connectivity index (χ1n) is 6.50. The smallest absolute Gasteiger partial charge is 0.0730 e. The van der Waals surface area contributed by atoms with E-state index >= 15 is 0 Å². The van der Waals surface area contributed by atoms with Crippen LogP contribution in [0.1, 0.15) is 44.2 Å². The Morgan fingerprint density at radius 3 is 2.47 bits per heavy atom. The first-order chi connectivity index (χ1) is 8.01. The Kier molecular flexibility index (Phi) is 3.55. The minimum atomic E-state index is -0.181. The van der Waals surface area contributed by atoms with Crippen LogP contribution >= 0.6 is 0 Å². The molecule has 1 aliphatic rings. The zero-order valence-electron chi connectivity index (χ0n) is 11.1. The molecule has 2 rings (SSSR count). The molecule has 1 aromatic carbocycles. The summed E-state index contributed by atoms with van der Waals surface area (Å²) in [6.45, 7) is 7.30. The van der Waals surface area contributed by atoms with E-state index in [4.69, 9.17) is 10.5 Å². The van der Waals surface area contributed by atoms with E-state index in [9.17, 15) is 0 Å². The number of benzene rings is 1. The standard InChI is InChI=1S/C15H23NO/c1-11(2)14-6-4-13(5-7-14)10-15(16)8-9-17-12(15)3/h4-7,11-12H,8-10,16H2,1-3H3. The lowest BCUT2D eigenvalue weighted by Crippen LogP contribution is -2.47. The number of hydrogen-bond acceptors (Lipinski definition) is 2. The van der Waals surface area contributed by atoms with Gasteiger partial charge in [-0.15, -0.1) is 0 Å². The van der Waals surface area contributed by atoms with Gasteiger partial charge in [0.05, 0.1) is 6.10 Å². The molecule has 1 aromatic rings. The minimum Gasteiger partial charge on any atom is -0.377 e. The number of ether oxygens (including phenoxy) is 1. The Hall–Kier alpha value is -0.860. The first kappa shape index (κ1) is 12.6. The SMILES string of the molecule is CC(C)c1ccc(CC2(N)CCOC2C)cc1. The van der Waals surface area contributed by atoms with Crippen LogP contribution in [0.5, 0.6) is 0 Å². The third-order valence-corrected chi connectivity index (χ3v) is 3.92. The molecule has 1 saturated heterocycles. The van der Waals surface area contributed by atoms with Gasteiger partial charge in [-0.1, -0.05) is 38.1 Å². The van der Waals surface area contributed by atoms with E-state index in [-0.39, 0.29) is 11.6 Å². The average Bonchev–Trinajstić information content (AvgIpc) is 2.60. The molecule has 0 radical (unpaired) electrons. The van der Waals surface area contributed by atoms with Crippen LogP contribution in [-0.4, -0.2) is 18.2 Å². The predicted molar refractivity (Wildman–Crippen MR) is 71.2 cm³/mol. The van der Waals surface area contributed by atoms with Gasteiger partial charge in [0, 0.05) is 12.1 Å². The second kappa shape index (κ2) is 4.79. The molecule has 1 aliphatic heterocycles. The van der Waals surface area contributed by atoms with E-state index in [2.05, 4.69) is 45.0 Å². The molecule has 1 heterocycles. The molecule has 1 fully saturated rings. The fraction of sp³-hybridized carbons (Fsp3) is 0.600. The van der Waals surface area contributed by atoms with Gasteiger partial charge in [0.25, 0.3) is 0 Å².